The molecule has 0 radical (unpaired) electrons. The number of hydrogen-bond acceptors (Lipinski definition) is 3. The van der Waals surface area contributed by atoms with Crippen molar-refractivity contribution in [3.05, 3.63) is 24.4 Å². The average molecular weight is 272 g/mol. The van der Waals surface area contributed by atoms with Crippen LogP contribution in [0.3, 0.4) is 0 Å². The molecule has 0 spiro atoms. The molecule has 0 atom stereocenters. The van der Waals surface area contributed by atoms with Gasteiger partial charge < -0.3 is 11.1 Å². The van der Waals surface area contributed by atoms with Crippen molar-refractivity contribution in [2.75, 3.05) is 11.9 Å². The summed E-state index contributed by atoms with van der Waals surface area (Å²) in [5.74, 6) is 0.814. The Morgan fingerprint density at radius 3 is 2.90 bits per heavy atom. The molecule has 1 heterocycles. The second-order valence-electron chi connectivity index (χ2n) is 5.58. The molecule has 2 aromatic rings. The molecule has 5 nitrogen and oxygen atoms in total. The Hall–Kier alpha value is -1.88. The predicted molar refractivity (Wildman–Crippen MR) is 79.2 cm³/mol. The van der Waals surface area contributed by atoms with Crippen LogP contribution in [0.5, 0.6) is 0 Å². The normalized spacial score (nSPS) is 22.9. The van der Waals surface area contributed by atoms with Gasteiger partial charge in [-0.25, -0.2) is 0 Å². The first-order valence-corrected chi connectivity index (χ1v) is 7.21. The second kappa shape index (κ2) is 5.63. The van der Waals surface area contributed by atoms with E-state index in [9.17, 15) is 4.79 Å². The molecule has 0 aliphatic heterocycles. The van der Waals surface area contributed by atoms with Crippen molar-refractivity contribution < 1.29 is 4.79 Å². The van der Waals surface area contributed by atoms with Crippen LogP contribution in [0.2, 0.25) is 0 Å². The monoisotopic (exact) mass is 272 g/mol. The maximum absolute atomic E-state index is 12.4. The van der Waals surface area contributed by atoms with E-state index in [1.807, 2.05) is 18.2 Å². The van der Waals surface area contributed by atoms with E-state index in [1.165, 1.54) is 0 Å². The van der Waals surface area contributed by atoms with Crippen molar-refractivity contribution in [2.45, 2.75) is 25.7 Å². The highest BCUT2D eigenvalue weighted by molar-refractivity contribution is 6.00. The number of H-pyrrole nitrogens is 1. The highest BCUT2D eigenvalue weighted by atomic mass is 16.1. The molecule has 1 fully saturated rings. The van der Waals surface area contributed by atoms with Crippen molar-refractivity contribution in [1.82, 2.24) is 10.2 Å². The Kier molecular flexibility index (Phi) is 3.69. The molecule has 1 aliphatic rings. The Bertz CT molecular complexity index is 599. The number of aromatic nitrogens is 2. The number of nitrogens with zero attached hydrogens (tertiary/aromatic N) is 1. The maximum Gasteiger partial charge on any atom is 0.227 e. The molecular formula is C15H20N4O. The number of anilines is 1. The summed E-state index contributed by atoms with van der Waals surface area (Å²) in [5, 5.41) is 11.0. The minimum atomic E-state index is 0.107. The molecule has 0 unspecified atom stereocenters. The van der Waals surface area contributed by atoms with E-state index in [1.54, 1.807) is 6.20 Å². The lowest BCUT2D eigenvalue weighted by Crippen LogP contribution is -2.29. The number of hydrogen-bond donors (Lipinski definition) is 3. The van der Waals surface area contributed by atoms with Gasteiger partial charge in [0.1, 0.15) is 0 Å². The van der Waals surface area contributed by atoms with Crippen LogP contribution in [0.1, 0.15) is 25.7 Å². The number of nitrogens with one attached hydrogen (secondary N) is 2. The zero-order valence-electron chi connectivity index (χ0n) is 11.4. The van der Waals surface area contributed by atoms with E-state index >= 15 is 0 Å². The second-order valence-corrected chi connectivity index (χ2v) is 5.58. The van der Waals surface area contributed by atoms with Crippen molar-refractivity contribution in [3.63, 3.8) is 0 Å². The van der Waals surface area contributed by atoms with Crippen molar-refractivity contribution in [1.29, 1.82) is 0 Å². The Balaban J connectivity index is 1.69. The van der Waals surface area contributed by atoms with Gasteiger partial charge in [-0.2, -0.15) is 5.10 Å². The van der Waals surface area contributed by atoms with Gasteiger partial charge in [0.15, 0.2) is 0 Å². The smallest absolute Gasteiger partial charge is 0.227 e. The molecule has 4 N–H and O–H groups in total. The highest BCUT2D eigenvalue weighted by Crippen LogP contribution is 2.29. The Labute approximate surface area is 117 Å². The standard InChI is InChI=1S/C15H20N4O/c16-8-10-4-6-11(7-5-10)15(20)18-13-3-1-2-12-9-17-19-14(12)13/h1-3,9-11H,4-8,16H2,(H,17,19)(H,18,20). The largest absolute Gasteiger partial charge is 0.330 e. The minimum Gasteiger partial charge on any atom is -0.330 e. The lowest BCUT2D eigenvalue weighted by atomic mass is 9.81. The summed E-state index contributed by atoms with van der Waals surface area (Å²) in [6, 6.07) is 5.81. The van der Waals surface area contributed by atoms with Gasteiger partial charge in [0.25, 0.3) is 0 Å². The molecule has 1 aliphatic carbocycles. The van der Waals surface area contributed by atoms with Crippen LogP contribution in [0, 0.1) is 11.8 Å². The lowest BCUT2D eigenvalue weighted by molar-refractivity contribution is -0.121. The number of rotatable bonds is 3. The summed E-state index contributed by atoms with van der Waals surface area (Å²) in [7, 11) is 0. The summed E-state index contributed by atoms with van der Waals surface area (Å²) in [4.78, 5) is 12.4. The third-order valence-corrected chi connectivity index (χ3v) is 4.29. The summed E-state index contributed by atoms with van der Waals surface area (Å²) in [6.07, 6.45) is 5.75. The molecule has 1 saturated carbocycles. The number of carbonyl (C=O) groups is 1. The third kappa shape index (κ3) is 2.54. The number of para-hydroxylation sites is 1. The van der Waals surface area contributed by atoms with E-state index in [4.69, 9.17) is 5.73 Å². The van der Waals surface area contributed by atoms with Gasteiger partial charge in [-0.1, -0.05) is 12.1 Å². The van der Waals surface area contributed by atoms with E-state index in [0.717, 1.165) is 48.8 Å². The van der Waals surface area contributed by atoms with Crippen LogP contribution in [-0.2, 0) is 4.79 Å². The van der Waals surface area contributed by atoms with Crippen LogP contribution in [0.25, 0.3) is 10.9 Å². The number of carbonyl (C=O) groups excluding carboxylic acids is 1. The van der Waals surface area contributed by atoms with Gasteiger partial charge in [0.05, 0.1) is 17.4 Å². The van der Waals surface area contributed by atoms with Gasteiger partial charge in [0, 0.05) is 11.3 Å². The van der Waals surface area contributed by atoms with E-state index < -0.39 is 0 Å². The first-order valence-electron chi connectivity index (χ1n) is 7.21. The molecular weight excluding hydrogens is 252 g/mol. The van der Waals surface area contributed by atoms with Crippen LogP contribution in [0.15, 0.2) is 24.4 Å². The van der Waals surface area contributed by atoms with Crippen LogP contribution in [0.4, 0.5) is 5.69 Å². The molecule has 3 rings (SSSR count). The molecule has 5 heteroatoms. The average Bonchev–Trinajstić information content (AvgIpc) is 2.97. The van der Waals surface area contributed by atoms with Gasteiger partial charge in [-0.05, 0) is 44.2 Å². The quantitative estimate of drug-likeness (QED) is 0.801. The van der Waals surface area contributed by atoms with Crippen LogP contribution in [-0.4, -0.2) is 22.6 Å². The fourth-order valence-corrected chi connectivity index (χ4v) is 2.97. The van der Waals surface area contributed by atoms with Crippen molar-refractivity contribution >= 4 is 22.5 Å². The third-order valence-electron chi connectivity index (χ3n) is 4.29. The number of amides is 1. The molecule has 1 aromatic heterocycles. The number of aromatic amines is 1. The summed E-state index contributed by atoms with van der Waals surface area (Å²) in [6.45, 7) is 0.738. The molecule has 0 saturated heterocycles. The van der Waals surface area contributed by atoms with Crippen molar-refractivity contribution in [2.24, 2.45) is 17.6 Å². The van der Waals surface area contributed by atoms with E-state index in [2.05, 4.69) is 15.5 Å². The SMILES string of the molecule is NCC1CCC(C(=O)Nc2cccc3cn[nH]c23)CC1. The molecule has 106 valence electrons. The fraction of sp³-hybridized carbons (Fsp3) is 0.467. The van der Waals surface area contributed by atoms with Crippen LogP contribution >= 0.6 is 0 Å². The van der Waals surface area contributed by atoms with E-state index in [0.29, 0.717) is 5.92 Å². The number of nitrogens with two attached hydrogens (primary N) is 1. The minimum absolute atomic E-state index is 0.107. The van der Waals surface area contributed by atoms with Gasteiger partial charge in [-0.3, -0.25) is 9.89 Å². The molecule has 0 bridgehead atoms. The zero-order valence-corrected chi connectivity index (χ0v) is 11.4. The van der Waals surface area contributed by atoms with Crippen LogP contribution < -0.4 is 11.1 Å². The topological polar surface area (TPSA) is 83.8 Å². The van der Waals surface area contributed by atoms with Gasteiger partial charge >= 0.3 is 0 Å². The van der Waals surface area contributed by atoms with E-state index in [-0.39, 0.29) is 11.8 Å². The number of fused-ring (bicyclic) bond motifs is 1. The van der Waals surface area contributed by atoms with Crippen molar-refractivity contribution in [3.8, 4) is 0 Å². The molecule has 1 aromatic carbocycles. The molecule has 20 heavy (non-hydrogen) atoms. The number of benzene rings is 1. The van der Waals surface area contributed by atoms with Gasteiger partial charge in [-0.15, -0.1) is 0 Å². The lowest BCUT2D eigenvalue weighted by Gasteiger charge is -2.26. The Morgan fingerprint density at radius 2 is 2.15 bits per heavy atom. The molecule has 1 amide bonds. The first-order chi connectivity index (χ1) is 9.78. The Morgan fingerprint density at radius 1 is 1.35 bits per heavy atom. The highest BCUT2D eigenvalue weighted by Gasteiger charge is 2.25. The summed E-state index contributed by atoms with van der Waals surface area (Å²) >= 11 is 0. The van der Waals surface area contributed by atoms with Gasteiger partial charge in [0.2, 0.25) is 5.91 Å². The maximum atomic E-state index is 12.4. The predicted octanol–water partition coefficient (Wildman–Crippen LogP) is 2.27. The summed E-state index contributed by atoms with van der Waals surface area (Å²) in [5.41, 5.74) is 7.38. The first kappa shape index (κ1) is 13.1. The summed E-state index contributed by atoms with van der Waals surface area (Å²) < 4.78 is 0. The fourth-order valence-electron chi connectivity index (χ4n) is 2.97. The zero-order chi connectivity index (χ0) is 13.9.